The first-order chi connectivity index (χ1) is 11.4. The molecule has 1 aromatic rings. The van der Waals surface area contributed by atoms with Crippen molar-refractivity contribution in [1.82, 2.24) is 16.2 Å². The van der Waals surface area contributed by atoms with E-state index in [1.54, 1.807) is 7.11 Å². The average molecular weight is 369 g/mol. The molecule has 0 aliphatic rings. The standard InChI is InChI=1S/C17H28N4OS2/c1-12(2)7-5-8-13(3)18-16(23)20-21-17(24)19-14-9-6-10-15(11-14)22-4/h6,9-13H,5,7-8H2,1-4H3,(H2,18,20,23)(H2,19,21,24)/t13-/m0/s1. The monoisotopic (exact) mass is 368 g/mol. The van der Waals surface area contributed by atoms with Gasteiger partial charge in [0.2, 0.25) is 0 Å². The molecule has 24 heavy (non-hydrogen) atoms. The summed E-state index contributed by atoms with van der Waals surface area (Å²) < 4.78 is 5.18. The zero-order chi connectivity index (χ0) is 17.9. The number of methoxy groups -OCH3 is 1. The first-order valence-corrected chi connectivity index (χ1v) is 9.00. The van der Waals surface area contributed by atoms with E-state index in [9.17, 15) is 0 Å². The second-order valence-corrected chi connectivity index (χ2v) is 6.95. The van der Waals surface area contributed by atoms with Crippen LogP contribution in [0.2, 0.25) is 0 Å². The summed E-state index contributed by atoms with van der Waals surface area (Å²) in [5.74, 6) is 1.51. The van der Waals surface area contributed by atoms with Crippen LogP contribution in [-0.4, -0.2) is 23.4 Å². The Balaban J connectivity index is 2.26. The number of benzene rings is 1. The van der Waals surface area contributed by atoms with Crippen LogP contribution in [0.5, 0.6) is 5.75 Å². The average Bonchev–Trinajstić information content (AvgIpc) is 2.52. The molecule has 1 rings (SSSR count). The summed E-state index contributed by atoms with van der Waals surface area (Å²) in [5, 5.41) is 7.26. The van der Waals surface area contributed by atoms with Gasteiger partial charge in [-0.2, -0.15) is 0 Å². The van der Waals surface area contributed by atoms with Crippen molar-refractivity contribution in [3.63, 3.8) is 0 Å². The highest BCUT2D eigenvalue weighted by Crippen LogP contribution is 2.16. The molecular formula is C17H28N4OS2. The molecule has 0 aliphatic carbocycles. The fraction of sp³-hybridized carbons (Fsp3) is 0.529. The molecule has 1 aromatic carbocycles. The van der Waals surface area contributed by atoms with Gasteiger partial charge in [0, 0.05) is 17.8 Å². The van der Waals surface area contributed by atoms with E-state index in [1.165, 1.54) is 12.8 Å². The maximum absolute atomic E-state index is 5.26. The molecule has 5 nitrogen and oxygen atoms in total. The number of anilines is 1. The fourth-order valence-corrected chi connectivity index (χ4v) is 2.56. The number of hydrazine groups is 1. The predicted octanol–water partition coefficient (Wildman–Crippen LogP) is 3.58. The molecule has 134 valence electrons. The van der Waals surface area contributed by atoms with Crippen LogP contribution in [0.15, 0.2) is 24.3 Å². The quantitative estimate of drug-likeness (QED) is 0.433. The van der Waals surface area contributed by atoms with E-state index >= 15 is 0 Å². The topological polar surface area (TPSA) is 57.4 Å². The summed E-state index contributed by atoms with van der Waals surface area (Å²) in [6.07, 6.45) is 3.52. The van der Waals surface area contributed by atoms with Gasteiger partial charge < -0.3 is 15.4 Å². The van der Waals surface area contributed by atoms with Gasteiger partial charge in [-0.15, -0.1) is 0 Å². The van der Waals surface area contributed by atoms with Crippen LogP contribution in [0.3, 0.4) is 0 Å². The fourth-order valence-electron chi connectivity index (χ4n) is 2.14. The molecule has 0 bridgehead atoms. The summed E-state index contributed by atoms with van der Waals surface area (Å²) in [6.45, 7) is 6.61. The Morgan fingerprint density at radius 1 is 1.08 bits per heavy atom. The number of hydrogen-bond acceptors (Lipinski definition) is 3. The first kappa shape index (κ1) is 20.4. The van der Waals surface area contributed by atoms with Gasteiger partial charge in [0.15, 0.2) is 10.2 Å². The molecule has 7 heteroatoms. The van der Waals surface area contributed by atoms with Crippen molar-refractivity contribution in [3.05, 3.63) is 24.3 Å². The highest BCUT2D eigenvalue weighted by atomic mass is 32.1. The zero-order valence-corrected chi connectivity index (χ0v) is 16.4. The third-order valence-electron chi connectivity index (χ3n) is 3.41. The Labute approximate surface area is 155 Å². The lowest BCUT2D eigenvalue weighted by molar-refractivity contribution is 0.415. The second-order valence-electron chi connectivity index (χ2n) is 6.14. The summed E-state index contributed by atoms with van der Waals surface area (Å²) in [6, 6.07) is 7.86. The number of rotatable bonds is 7. The molecule has 0 amide bonds. The molecule has 0 radical (unpaired) electrons. The van der Waals surface area contributed by atoms with E-state index in [2.05, 4.69) is 42.3 Å². The van der Waals surface area contributed by atoms with Crippen LogP contribution in [0.4, 0.5) is 5.69 Å². The van der Waals surface area contributed by atoms with Gasteiger partial charge in [-0.05, 0) is 55.8 Å². The molecular weight excluding hydrogens is 340 g/mol. The zero-order valence-electron chi connectivity index (χ0n) is 14.8. The summed E-state index contributed by atoms with van der Waals surface area (Å²) >= 11 is 10.5. The number of thiocarbonyl (C=S) groups is 2. The third kappa shape index (κ3) is 8.88. The van der Waals surface area contributed by atoms with Gasteiger partial charge in [-0.25, -0.2) is 0 Å². The lowest BCUT2D eigenvalue weighted by Crippen LogP contribution is -2.50. The minimum Gasteiger partial charge on any atom is -0.497 e. The van der Waals surface area contributed by atoms with Crippen molar-refractivity contribution in [2.45, 2.75) is 46.1 Å². The van der Waals surface area contributed by atoms with E-state index in [4.69, 9.17) is 29.2 Å². The van der Waals surface area contributed by atoms with E-state index < -0.39 is 0 Å². The molecule has 0 heterocycles. The Morgan fingerprint density at radius 2 is 1.79 bits per heavy atom. The van der Waals surface area contributed by atoms with Crippen LogP contribution in [0.25, 0.3) is 0 Å². The number of nitrogens with one attached hydrogen (secondary N) is 4. The van der Waals surface area contributed by atoms with E-state index in [-0.39, 0.29) is 0 Å². The maximum Gasteiger partial charge on any atom is 0.189 e. The molecule has 0 aliphatic heterocycles. The summed E-state index contributed by atoms with van der Waals surface area (Å²) in [4.78, 5) is 0. The maximum atomic E-state index is 5.26. The smallest absolute Gasteiger partial charge is 0.189 e. The minimum atomic E-state index is 0.325. The molecule has 0 unspecified atom stereocenters. The normalized spacial score (nSPS) is 11.5. The van der Waals surface area contributed by atoms with Crippen molar-refractivity contribution in [1.29, 1.82) is 0 Å². The lowest BCUT2D eigenvalue weighted by Gasteiger charge is -2.18. The van der Waals surface area contributed by atoms with Gasteiger partial charge in [0.1, 0.15) is 5.75 Å². The van der Waals surface area contributed by atoms with Crippen molar-refractivity contribution in [3.8, 4) is 5.75 Å². The van der Waals surface area contributed by atoms with Crippen LogP contribution in [-0.2, 0) is 0 Å². The molecule has 4 N–H and O–H groups in total. The van der Waals surface area contributed by atoms with Gasteiger partial charge >= 0.3 is 0 Å². The summed E-state index contributed by atoms with van der Waals surface area (Å²) in [5.41, 5.74) is 6.61. The highest BCUT2D eigenvalue weighted by molar-refractivity contribution is 7.80. The van der Waals surface area contributed by atoms with Crippen molar-refractivity contribution in [2.75, 3.05) is 12.4 Å². The van der Waals surface area contributed by atoms with E-state index in [0.717, 1.165) is 23.8 Å². The first-order valence-electron chi connectivity index (χ1n) is 8.18. The molecule has 1 atom stereocenters. The Bertz CT molecular complexity index is 537. The van der Waals surface area contributed by atoms with E-state index in [1.807, 2.05) is 24.3 Å². The lowest BCUT2D eigenvalue weighted by atomic mass is 10.0. The molecule has 0 fully saturated rings. The molecule has 0 saturated heterocycles. The van der Waals surface area contributed by atoms with Crippen molar-refractivity contribution < 1.29 is 4.74 Å². The Hall–Kier alpha value is -1.60. The Morgan fingerprint density at radius 3 is 2.46 bits per heavy atom. The van der Waals surface area contributed by atoms with Crippen LogP contribution in [0.1, 0.15) is 40.0 Å². The Kier molecular flexibility index (Phi) is 9.41. The SMILES string of the molecule is COc1cccc(NC(=S)NNC(=S)N[C@@H](C)CCCC(C)C)c1. The third-order valence-corrected chi connectivity index (χ3v) is 3.84. The predicted molar refractivity (Wildman–Crippen MR) is 109 cm³/mol. The largest absolute Gasteiger partial charge is 0.497 e. The van der Waals surface area contributed by atoms with Crippen molar-refractivity contribution >= 4 is 40.3 Å². The minimum absolute atomic E-state index is 0.325. The highest BCUT2D eigenvalue weighted by Gasteiger charge is 2.05. The van der Waals surface area contributed by atoms with Gasteiger partial charge in [0.05, 0.1) is 7.11 Å². The van der Waals surface area contributed by atoms with Crippen LogP contribution < -0.4 is 26.2 Å². The summed E-state index contributed by atoms with van der Waals surface area (Å²) in [7, 11) is 1.63. The van der Waals surface area contributed by atoms with Crippen LogP contribution in [0, 0.1) is 5.92 Å². The van der Waals surface area contributed by atoms with Crippen LogP contribution >= 0.6 is 24.4 Å². The van der Waals surface area contributed by atoms with Gasteiger partial charge in [-0.1, -0.05) is 32.8 Å². The van der Waals surface area contributed by atoms with E-state index in [0.29, 0.717) is 16.3 Å². The molecule has 0 spiro atoms. The molecule has 0 aromatic heterocycles. The molecule has 0 saturated carbocycles. The number of ether oxygens (including phenoxy) is 1. The van der Waals surface area contributed by atoms with Crippen molar-refractivity contribution in [2.24, 2.45) is 5.92 Å². The van der Waals surface area contributed by atoms with Gasteiger partial charge in [0.25, 0.3) is 0 Å². The number of hydrogen-bond donors (Lipinski definition) is 4. The van der Waals surface area contributed by atoms with Gasteiger partial charge in [-0.3, -0.25) is 10.9 Å². The second kappa shape index (κ2) is 11.0.